The first-order valence-electron chi connectivity index (χ1n) is 12.8. The Balaban J connectivity index is 0.000000909. The van der Waals surface area contributed by atoms with Crippen molar-refractivity contribution in [3.05, 3.63) is 59.9 Å². The number of methoxy groups -OCH3 is 2. The van der Waals surface area contributed by atoms with E-state index in [1.807, 2.05) is 10.7 Å². The zero-order valence-electron chi connectivity index (χ0n) is 22.9. The van der Waals surface area contributed by atoms with Gasteiger partial charge in [0.25, 0.3) is 11.9 Å². The van der Waals surface area contributed by atoms with Gasteiger partial charge in [-0.2, -0.15) is 5.10 Å². The maximum absolute atomic E-state index is 12.8. The number of carboxylic acids is 1. The van der Waals surface area contributed by atoms with Crippen LogP contribution in [0.5, 0.6) is 5.75 Å². The minimum Gasteiger partial charge on any atom is -0.495 e. The second-order valence-electron chi connectivity index (χ2n) is 9.19. The topological polar surface area (TPSA) is 184 Å². The highest BCUT2D eigenvalue weighted by atomic mass is 16.5. The Labute approximate surface area is 235 Å². The fraction of sp³-hybridized carbons (Fsp3) is 0.286. The summed E-state index contributed by atoms with van der Waals surface area (Å²) >= 11 is 0. The van der Waals surface area contributed by atoms with Crippen LogP contribution >= 0.6 is 0 Å². The molecule has 1 saturated heterocycles. The molecule has 4 aromatic rings. The Hall–Kier alpha value is -5.04. The van der Waals surface area contributed by atoms with Gasteiger partial charge >= 0.3 is 5.97 Å². The number of carbonyl (C=O) groups is 3. The number of anilines is 2. The number of fused-ring (bicyclic) bond motifs is 1. The maximum Gasteiger partial charge on any atom is 0.337 e. The summed E-state index contributed by atoms with van der Waals surface area (Å²) in [5.74, 6) is -0.838. The number of rotatable bonds is 6. The molecule has 2 aromatic carbocycles. The van der Waals surface area contributed by atoms with Crippen molar-refractivity contribution in [1.29, 1.82) is 0 Å². The number of nitrogens with one attached hydrogen (secondary N) is 2. The van der Waals surface area contributed by atoms with Crippen LogP contribution in [0.2, 0.25) is 0 Å². The van der Waals surface area contributed by atoms with Gasteiger partial charge in [-0.05, 0) is 62.3 Å². The van der Waals surface area contributed by atoms with E-state index in [1.54, 1.807) is 24.3 Å². The minimum atomic E-state index is -0.833. The Bertz CT molecular complexity index is 1560. The summed E-state index contributed by atoms with van der Waals surface area (Å²) in [5, 5.41) is 19.2. The number of benzene rings is 2. The number of nitrogens with two attached hydrogens (primary N) is 1. The number of hydrogen-bond donors (Lipinski definition) is 4. The van der Waals surface area contributed by atoms with Crippen LogP contribution in [0.15, 0.2) is 48.8 Å². The lowest BCUT2D eigenvalue weighted by Gasteiger charge is -2.23. The van der Waals surface area contributed by atoms with Crippen LogP contribution in [0.25, 0.3) is 22.3 Å². The molecule has 0 aliphatic carbocycles. The molecule has 214 valence electrons. The first-order valence-corrected chi connectivity index (χ1v) is 12.8. The lowest BCUT2D eigenvalue weighted by Crippen LogP contribution is -2.30. The third kappa shape index (κ3) is 6.58. The molecule has 3 heterocycles. The number of aliphatic carboxylic acids is 1. The fourth-order valence-electron chi connectivity index (χ4n) is 4.52. The van der Waals surface area contributed by atoms with Gasteiger partial charge in [0.05, 0.1) is 36.9 Å². The van der Waals surface area contributed by atoms with E-state index in [9.17, 15) is 9.59 Å². The van der Waals surface area contributed by atoms with Gasteiger partial charge in [-0.1, -0.05) is 6.07 Å². The molecule has 1 aliphatic rings. The minimum absolute atomic E-state index is 0.206. The van der Waals surface area contributed by atoms with E-state index in [0.717, 1.165) is 38.4 Å². The third-order valence-corrected chi connectivity index (χ3v) is 6.46. The van der Waals surface area contributed by atoms with Gasteiger partial charge in [-0.15, -0.1) is 0 Å². The molecular formula is C28H31N7O6. The van der Waals surface area contributed by atoms with Gasteiger partial charge in [0.1, 0.15) is 23.6 Å². The molecule has 41 heavy (non-hydrogen) atoms. The van der Waals surface area contributed by atoms with Crippen LogP contribution in [-0.4, -0.2) is 70.0 Å². The quantitative estimate of drug-likeness (QED) is 0.254. The molecule has 0 radical (unpaired) electrons. The van der Waals surface area contributed by atoms with Crippen LogP contribution < -0.4 is 21.1 Å². The number of carboxylic acid groups (broad SMARTS) is 1. The Kier molecular flexibility index (Phi) is 9.09. The number of esters is 1. The number of carbonyl (C=O) groups excluding carboxylic acids is 2. The molecule has 1 amide bonds. The number of amides is 1. The second-order valence-corrected chi connectivity index (χ2v) is 9.19. The van der Waals surface area contributed by atoms with Gasteiger partial charge < -0.3 is 30.9 Å². The first kappa shape index (κ1) is 29.0. The Morgan fingerprint density at radius 3 is 2.34 bits per heavy atom. The molecule has 0 bridgehead atoms. The number of ether oxygens (including phenoxy) is 2. The SMILES string of the molecule is CC(=O)O.COC(=O)c1ccc(C(=O)Nc2ccc(-c3nn(C4CCNCC4)c4ncnc(N)c34)cc2OC)cc1. The molecule has 5 N–H and O–H groups in total. The number of piperidine rings is 1. The molecule has 13 nitrogen and oxygen atoms in total. The number of hydrogen-bond acceptors (Lipinski definition) is 10. The van der Waals surface area contributed by atoms with Gasteiger partial charge in [-0.25, -0.2) is 19.4 Å². The van der Waals surface area contributed by atoms with Gasteiger partial charge in [0, 0.05) is 18.1 Å². The highest BCUT2D eigenvalue weighted by Crippen LogP contribution is 2.37. The van der Waals surface area contributed by atoms with Crippen molar-refractivity contribution in [2.45, 2.75) is 25.8 Å². The normalized spacial score (nSPS) is 13.1. The van der Waals surface area contributed by atoms with E-state index in [0.29, 0.717) is 45.1 Å². The molecular weight excluding hydrogens is 530 g/mol. The van der Waals surface area contributed by atoms with Crippen LogP contribution in [0.3, 0.4) is 0 Å². The van der Waals surface area contributed by atoms with E-state index < -0.39 is 11.9 Å². The van der Waals surface area contributed by atoms with Crippen molar-refractivity contribution in [3.63, 3.8) is 0 Å². The van der Waals surface area contributed by atoms with E-state index >= 15 is 0 Å². The molecule has 2 aromatic heterocycles. The maximum atomic E-state index is 12.8. The largest absolute Gasteiger partial charge is 0.495 e. The molecule has 13 heteroatoms. The molecule has 0 atom stereocenters. The predicted molar refractivity (Wildman–Crippen MR) is 152 cm³/mol. The standard InChI is InChI=1S/C26H27N7O4.C2H4O2/c1-36-20-13-17(7-8-19(20)31-25(34)15-3-5-16(6-4-15)26(35)37-2)22-21-23(27)29-14-30-24(21)33(32-22)18-9-11-28-12-10-18;1-2(3)4/h3-8,13-14,18,28H,9-12H2,1-2H3,(H,31,34)(H2,27,29,30);1H3,(H,3,4). The van der Waals surface area contributed by atoms with E-state index in [4.69, 9.17) is 30.2 Å². The van der Waals surface area contributed by atoms with Crippen molar-refractivity contribution >= 4 is 40.4 Å². The molecule has 1 fully saturated rings. The summed E-state index contributed by atoms with van der Waals surface area (Å²) in [4.78, 5) is 42.2. The predicted octanol–water partition coefficient (Wildman–Crippen LogP) is 3.14. The van der Waals surface area contributed by atoms with Crippen LogP contribution in [0.4, 0.5) is 11.5 Å². The summed E-state index contributed by atoms with van der Waals surface area (Å²) < 4.78 is 12.2. The van der Waals surface area contributed by atoms with Gasteiger partial charge in [-0.3, -0.25) is 9.59 Å². The van der Waals surface area contributed by atoms with Crippen molar-refractivity contribution in [3.8, 4) is 17.0 Å². The van der Waals surface area contributed by atoms with Gasteiger partial charge in [0.2, 0.25) is 0 Å². The summed E-state index contributed by atoms with van der Waals surface area (Å²) in [6, 6.07) is 11.8. The average molecular weight is 562 g/mol. The van der Waals surface area contributed by atoms with Crippen molar-refractivity contribution < 1.29 is 29.0 Å². The van der Waals surface area contributed by atoms with Gasteiger partial charge in [0.15, 0.2) is 5.65 Å². The average Bonchev–Trinajstić information content (AvgIpc) is 3.38. The first-order chi connectivity index (χ1) is 19.7. The van der Waals surface area contributed by atoms with Crippen molar-refractivity contribution in [2.75, 3.05) is 38.4 Å². The molecule has 0 unspecified atom stereocenters. The Morgan fingerprint density at radius 1 is 1.05 bits per heavy atom. The molecule has 0 saturated carbocycles. The summed E-state index contributed by atoms with van der Waals surface area (Å²) in [5.41, 5.74) is 9.61. The van der Waals surface area contributed by atoms with Crippen molar-refractivity contribution in [1.82, 2.24) is 25.1 Å². The van der Waals surface area contributed by atoms with Crippen LogP contribution in [0.1, 0.15) is 46.5 Å². The van der Waals surface area contributed by atoms with Crippen LogP contribution in [0, 0.1) is 0 Å². The molecule has 1 aliphatic heterocycles. The second kappa shape index (κ2) is 12.9. The molecule has 5 rings (SSSR count). The summed E-state index contributed by atoms with van der Waals surface area (Å²) in [6.07, 6.45) is 3.34. The van der Waals surface area contributed by atoms with Crippen LogP contribution in [-0.2, 0) is 9.53 Å². The summed E-state index contributed by atoms with van der Waals surface area (Å²) in [6.45, 7) is 2.91. The van der Waals surface area contributed by atoms with E-state index in [-0.39, 0.29) is 11.9 Å². The lowest BCUT2D eigenvalue weighted by atomic mass is 10.1. The van der Waals surface area contributed by atoms with E-state index in [1.165, 1.54) is 32.7 Å². The van der Waals surface area contributed by atoms with Crippen molar-refractivity contribution in [2.24, 2.45) is 0 Å². The number of nitrogens with zero attached hydrogens (tertiary/aromatic N) is 4. The monoisotopic (exact) mass is 561 g/mol. The lowest BCUT2D eigenvalue weighted by molar-refractivity contribution is -0.134. The third-order valence-electron chi connectivity index (χ3n) is 6.46. The molecule has 0 spiro atoms. The number of nitrogen functional groups attached to an aromatic ring is 1. The Morgan fingerprint density at radius 2 is 1.71 bits per heavy atom. The zero-order valence-corrected chi connectivity index (χ0v) is 22.9. The summed E-state index contributed by atoms with van der Waals surface area (Å²) in [7, 11) is 2.84. The zero-order chi connectivity index (χ0) is 29.5. The van der Waals surface area contributed by atoms with E-state index in [2.05, 4.69) is 20.6 Å². The highest BCUT2D eigenvalue weighted by molar-refractivity contribution is 6.06. The number of aromatic nitrogens is 4. The fourth-order valence-corrected chi connectivity index (χ4v) is 4.52. The smallest absolute Gasteiger partial charge is 0.337 e. The highest BCUT2D eigenvalue weighted by Gasteiger charge is 2.24.